The lowest BCUT2D eigenvalue weighted by atomic mass is 9.98. The fraction of sp³-hybridized carbons (Fsp3) is 0.0308. The zero-order valence-corrected chi connectivity index (χ0v) is 39.1. The zero-order valence-electron chi connectivity index (χ0n) is 39.1. The summed E-state index contributed by atoms with van der Waals surface area (Å²) in [6, 6.07) is 82.1. The van der Waals surface area contributed by atoms with Gasteiger partial charge in [0, 0.05) is 44.2 Å². The van der Waals surface area contributed by atoms with Crippen LogP contribution in [-0.4, -0.2) is 24.5 Å². The van der Waals surface area contributed by atoms with E-state index < -0.39 is 0 Å². The van der Waals surface area contributed by atoms with Crippen LogP contribution in [-0.2, 0) is 0 Å². The smallest absolute Gasteiger partial charge is 0.162 e. The average molecular weight is 909 g/mol. The predicted octanol–water partition coefficient (Wildman–Crippen LogP) is 16.2. The van der Waals surface area contributed by atoms with Gasteiger partial charge in [0.2, 0.25) is 0 Å². The summed E-state index contributed by atoms with van der Waals surface area (Å²) in [6.45, 7) is 4.22. The Balaban J connectivity index is 1.25. The predicted molar refractivity (Wildman–Crippen MR) is 290 cm³/mol. The van der Waals surface area contributed by atoms with Gasteiger partial charge in [-0.2, -0.15) is 5.26 Å². The summed E-state index contributed by atoms with van der Waals surface area (Å²) in [7, 11) is 0. The fourth-order valence-corrected chi connectivity index (χ4v) is 9.55. The molecule has 0 aliphatic heterocycles. The number of rotatable bonds is 9. The van der Waals surface area contributed by atoms with Crippen LogP contribution in [0.3, 0.4) is 0 Å². The minimum Gasteiger partial charge on any atom is -0.308 e. The normalized spacial score (nSPS) is 11.2. The Morgan fingerprint density at radius 2 is 0.662 bits per heavy atom. The molecule has 0 aliphatic rings. The van der Waals surface area contributed by atoms with Crippen LogP contribution in [0.15, 0.2) is 231 Å². The highest BCUT2D eigenvalue weighted by Crippen LogP contribution is 2.44. The number of aryl methyl sites for hydroxylation is 2. The Morgan fingerprint density at radius 3 is 0.986 bits per heavy atom. The lowest BCUT2D eigenvalue weighted by molar-refractivity contribution is 1.12. The van der Waals surface area contributed by atoms with Crippen LogP contribution in [0.5, 0.6) is 0 Å². The number of nitrogens with zero attached hydrogens (tertiary/aromatic N) is 6. The van der Waals surface area contributed by atoms with Gasteiger partial charge in [0.1, 0.15) is 0 Å². The first-order valence-corrected chi connectivity index (χ1v) is 23.8. The third-order valence-electron chi connectivity index (χ3n) is 13.2. The molecule has 12 aromatic rings. The van der Waals surface area contributed by atoms with Crippen molar-refractivity contribution in [2.75, 3.05) is 0 Å². The van der Waals surface area contributed by atoms with Crippen molar-refractivity contribution in [3.63, 3.8) is 0 Å². The lowest BCUT2D eigenvalue weighted by Gasteiger charge is -2.20. The van der Waals surface area contributed by atoms with Crippen LogP contribution >= 0.6 is 0 Å². The second kappa shape index (κ2) is 18.2. The highest BCUT2D eigenvalue weighted by molar-refractivity contribution is 6.12. The molecule has 0 aliphatic carbocycles. The van der Waals surface area contributed by atoms with E-state index in [4.69, 9.17) is 19.9 Å². The lowest BCUT2D eigenvalue weighted by Crippen LogP contribution is -2.07. The van der Waals surface area contributed by atoms with Gasteiger partial charge in [-0.15, -0.1) is 0 Å². The largest absolute Gasteiger partial charge is 0.308 e. The first-order valence-electron chi connectivity index (χ1n) is 23.8. The van der Waals surface area contributed by atoms with Crippen LogP contribution in [0.2, 0.25) is 0 Å². The van der Waals surface area contributed by atoms with E-state index in [1.165, 1.54) is 11.1 Å². The van der Waals surface area contributed by atoms with Crippen LogP contribution < -0.4 is 0 Å². The number of nitriles is 1. The van der Waals surface area contributed by atoms with Crippen molar-refractivity contribution >= 4 is 21.8 Å². The molecule has 334 valence electrons. The van der Waals surface area contributed by atoms with Crippen molar-refractivity contribution in [1.29, 1.82) is 5.26 Å². The monoisotopic (exact) mass is 908 g/mol. The van der Waals surface area contributed by atoms with Crippen LogP contribution in [0, 0.1) is 25.2 Å². The molecule has 6 heteroatoms. The van der Waals surface area contributed by atoms with Crippen molar-refractivity contribution < 1.29 is 0 Å². The molecule has 0 amide bonds. The Hall–Kier alpha value is -9.57. The second-order valence-electron chi connectivity index (χ2n) is 18.0. The molecule has 0 spiro atoms. The van der Waals surface area contributed by atoms with E-state index in [9.17, 15) is 5.26 Å². The molecule has 12 rings (SSSR count). The average Bonchev–Trinajstić information content (AvgIpc) is 3.76. The number of hydrogen-bond donors (Lipinski definition) is 0. The molecule has 3 aromatic heterocycles. The summed E-state index contributed by atoms with van der Waals surface area (Å²) in [5.74, 6) is 0.917. The van der Waals surface area contributed by atoms with E-state index in [0.29, 0.717) is 28.3 Å². The van der Waals surface area contributed by atoms with Crippen molar-refractivity contribution in [2.24, 2.45) is 0 Å². The topological polar surface area (TPSA) is 80.3 Å². The third-order valence-corrected chi connectivity index (χ3v) is 13.2. The number of aromatic nitrogens is 5. The summed E-state index contributed by atoms with van der Waals surface area (Å²) in [4.78, 5) is 21.8. The summed E-state index contributed by atoms with van der Waals surface area (Å²) >= 11 is 0. The SMILES string of the molecule is Cc1ccc(-c2ccc3c4ccc(-c5ccc(C)cc5)cc4n(-c4c(-c5nc(-c6ccccc6)cc(-c6ccccc6)n5)cc(C#N)cc4-c4nc(-c5ccccc5)cc(-c5ccccc5)n4)c3c2)cc1. The van der Waals surface area contributed by atoms with Crippen LogP contribution in [0.4, 0.5) is 0 Å². The molecular formula is C65H44N6. The quantitative estimate of drug-likeness (QED) is 0.144. The highest BCUT2D eigenvalue weighted by Gasteiger charge is 2.26. The minimum absolute atomic E-state index is 0.421. The number of benzene rings is 9. The van der Waals surface area contributed by atoms with Crippen molar-refractivity contribution in [2.45, 2.75) is 13.8 Å². The van der Waals surface area contributed by atoms with E-state index in [2.05, 4.69) is 158 Å². The number of hydrogen-bond acceptors (Lipinski definition) is 5. The maximum absolute atomic E-state index is 11.1. The Labute approximate surface area is 412 Å². The summed E-state index contributed by atoms with van der Waals surface area (Å²) in [5, 5.41) is 13.2. The van der Waals surface area contributed by atoms with E-state index in [0.717, 1.165) is 94.8 Å². The summed E-state index contributed by atoms with van der Waals surface area (Å²) in [6.07, 6.45) is 0. The Bertz CT molecular complexity index is 3610. The maximum Gasteiger partial charge on any atom is 0.162 e. The van der Waals surface area contributed by atoms with Crippen molar-refractivity contribution in [3.05, 3.63) is 247 Å². The van der Waals surface area contributed by atoms with Crippen molar-refractivity contribution in [3.8, 4) is 102 Å². The van der Waals surface area contributed by atoms with Gasteiger partial charge >= 0.3 is 0 Å². The molecule has 71 heavy (non-hydrogen) atoms. The van der Waals surface area contributed by atoms with E-state index in [1.54, 1.807) is 0 Å². The third kappa shape index (κ3) is 8.22. The van der Waals surface area contributed by atoms with E-state index in [-0.39, 0.29) is 0 Å². The van der Waals surface area contributed by atoms with Crippen molar-refractivity contribution in [1.82, 2.24) is 24.5 Å². The summed E-state index contributed by atoms with van der Waals surface area (Å²) < 4.78 is 2.34. The first kappa shape index (κ1) is 42.8. The molecule has 3 heterocycles. The molecule has 0 saturated heterocycles. The molecule has 0 bridgehead atoms. The van der Waals surface area contributed by atoms with Gasteiger partial charge in [0.25, 0.3) is 0 Å². The molecule has 0 unspecified atom stereocenters. The Kier molecular flexibility index (Phi) is 10.9. The molecule has 0 N–H and O–H groups in total. The summed E-state index contributed by atoms with van der Waals surface area (Å²) in [5.41, 5.74) is 17.9. The Morgan fingerprint density at radius 1 is 0.338 bits per heavy atom. The molecule has 6 nitrogen and oxygen atoms in total. The van der Waals surface area contributed by atoms with Gasteiger partial charge in [-0.3, -0.25) is 0 Å². The number of fused-ring (bicyclic) bond motifs is 3. The minimum atomic E-state index is 0.421. The molecule has 0 atom stereocenters. The highest BCUT2D eigenvalue weighted by atomic mass is 15.0. The van der Waals surface area contributed by atoms with Gasteiger partial charge in [-0.05, 0) is 72.5 Å². The van der Waals surface area contributed by atoms with Gasteiger partial charge in [0.05, 0.1) is 51.1 Å². The molecule has 0 fully saturated rings. The van der Waals surface area contributed by atoms with Gasteiger partial charge in [0.15, 0.2) is 11.6 Å². The van der Waals surface area contributed by atoms with Crippen LogP contribution in [0.25, 0.3) is 118 Å². The maximum atomic E-state index is 11.1. The van der Waals surface area contributed by atoms with Gasteiger partial charge in [-0.1, -0.05) is 205 Å². The van der Waals surface area contributed by atoms with E-state index >= 15 is 0 Å². The fourth-order valence-electron chi connectivity index (χ4n) is 9.55. The molecule has 0 saturated carbocycles. The molecule has 0 radical (unpaired) electrons. The van der Waals surface area contributed by atoms with Gasteiger partial charge < -0.3 is 4.57 Å². The first-order chi connectivity index (χ1) is 34.9. The van der Waals surface area contributed by atoms with E-state index in [1.807, 2.05) is 97.1 Å². The molecular weight excluding hydrogens is 865 g/mol. The molecule has 9 aromatic carbocycles. The second-order valence-corrected chi connectivity index (χ2v) is 18.0. The standard InChI is InChI=1S/C65H44N6/c1-42-23-27-45(28-24-42)51-31-33-53-54-34-32-52(46-29-25-43(2)26-30-46)38-62(54)71(61(53)37-51)63-55(64-67-57(47-15-7-3-8-16-47)39-58(68-64)48-17-9-4-10-18-48)35-44(41-66)36-56(63)65-69-59(49-19-11-5-12-20-49)40-60(70-65)50-21-13-6-14-22-50/h3-40H,1-2H3. The van der Waals surface area contributed by atoms with Gasteiger partial charge in [-0.25, -0.2) is 19.9 Å². The zero-order chi connectivity index (χ0) is 47.8. The van der Waals surface area contributed by atoms with Crippen LogP contribution in [0.1, 0.15) is 16.7 Å².